The maximum Gasteiger partial charge on any atom is 0.469 e. The first kappa shape index (κ1) is 43.6. The SMILES string of the molecule is CCCCC/C=C\C/C=C\CCCCCCCC(=O)O[C@H](CO/C=C\CCCCCCCCCCCCCC)COP(=O)(O)O. The van der Waals surface area contributed by atoms with Gasteiger partial charge in [0.05, 0.1) is 12.9 Å². The number of esters is 1. The van der Waals surface area contributed by atoms with Crippen LogP contribution in [-0.4, -0.2) is 35.1 Å². The van der Waals surface area contributed by atoms with Crippen molar-refractivity contribution in [2.24, 2.45) is 0 Å². The molecule has 0 radical (unpaired) electrons. The first-order valence-corrected chi connectivity index (χ1v) is 19.9. The fraction of sp³-hybridized carbons (Fsp3) is 0.811. The first-order valence-electron chi connectivity index (χ1n) is 18.3. The van der Waals surface area contributed by atoms with Crippen molar-refractivity contribution in [3.05, 3.63) is 36.6 Å². The summed E-state index contributed by atoms with van der Waals surface area (Å²) in [6.45, 7) is 4.06. The third-order valence-corrected chi connectivity index (χ3v) is 8.24. The van der Waals surface area contributed by atoms with E-state index >= 15 is 0 Å². The van der Waals surface area contributed by atoms with Crippen LogP contribution in [0.2, 0.25) is 0 Å². The third-order valence-electron chi connectivity index (χ3n) is 7.76. The van der Waals surface area contributed by atoms with Gasteiger partial charge in [-0.15, -0.1) is 0 Å². The average molecular weight is 657 g/mol. The van der Waals surface area contributed by atoms with Crippen LogP contribution in [0.25, 0.3) is 0 Å². The zero-order valence-corrected chi connectivity index (χ0v) is 29.9. The van der Waals surface area contributed by atoms with E-state index in [4.69, 9.17) is 19.3 Å². The van der Waals surface area contributed by atoms with Gasteiger partial charge < -0.3 is 19.3 Å². The highest BCUT2D eigenvalue weighted by atomic mass is 31.2. The van der Waals surface area contributed by atoms with Gasteiger partial charge in [-0.25, -0.2) is 4.57 Å². The molecule has 0 aromatic rings. The van der Waals surface area contributed by atoms with Crippen molar-refractivity contribution < 1.29 is 33.1 Å². The van der Waals surface area contributed by atoms with Gasteiger partial charge in [-0.1, -0.05) is 141 Å². The zero-order chi connectivity index (χ0) is 33.1. The number of phosphoric ester groups is 1. The molecule has 8 heteroatoms. The van der Waals surface area contributed by atoms with E-state index < -0.39 is 26.5 Å². The van der Waals surface area contributed by atoms with Crippen LogP contribution in [0.5, 0.6) is 0 Å². The first-order chi connectivity index (χ1) is 21.9. The smallest absolute Gasteiger partial charge is 0.469 e. The van der Waals surface area contributed by atoms with E-state index in [1.54, 1.807) is 6.26 Å². The van der Waals surface area contributed by atoms with Crippen molar-refractivity contribution in [3.63, 3.8) is 0 Å². The Balaban J connectivity index is 3.93. The summed E-state index contributed by atoms with van der Waals surface area (Å²) in [4.78, 5) is 30.4. The summed E-state index contributed by atoms with van der Waals surface area (Å²) < 4.78 is 26.6. The Bertz CT molecular complexity index is 775. The average Bonchev–Trinajstić information content (AvgIpc) is 3.01. The summed E-state index contributed by atoms with van der Waals surface area (Å²) in [6, 6.07) is 0. The van der Waals surface area contributed by atoms with Gasteiger partial charge in [-0.05, 0) is 57.4 Å². The number of allylic oxidation sites excluding steroid dienone is 5. The second-order valence-electron chi connectivity index (χ2n) is 12.3. The van der Waals surface area contributed by atoms with E-state index in [1.807, 2.05) is 6.08 Å². The van der Waals surface area contributed by atoms with Gasteiger partial charge in [0.15, 0.2) is 6.10 Å². The molecule has 0 amide bonds. The van der Waals surface area contributed by atoms with Gasteiger partial charge in [0, 0.05) is 6.42 Å². The Kier molecular flexibility index (Phi) is 32.9. The van der Waals surface area contributed by atoms with Gasteiger partial charge in [0.25, 0.3) is 0 Å². The highest BCUT2D eigenvalue weighted by Crippen LogP contribution is 2.35. The Morgan fingerprint density at radius 1 is 0.600 bits per heavy atom. The van der Waals surface area contributed by atoms with Crippen LogP contribution in [-0.2, 0) is 23.4 Å². The van der Waals surface area contributed by atoms with Gasteiger partial charge in [-0.2, -0.15) is 0 Å². The Morgan fingerprint density at radius 3 is 1.58 bits per heavy atom. The molecule has 1 atom stereocenters. The molecule has 0 aliphatic carbocycles. The second-order valence-corrected chi connectivity index (χ2v) is 13.5. The number of unbranched alkanes of at least 4 members (excludes halogenated alkanes) is 20. The minimum atomic E-state index is -4.67. The molecule has 0 saturated carbocycles. The molecular weight excluding hydrogens is 587 g/mol. The summed E-state index contributed by atoms with van der Waals surface area (Å²) in [5, 5.41) is 0. The molecule has 0 aliphatic heterocycles. The summed E-state index contributed by atoms with van der Waals surface area (Å²) >= 11 is 0. The number of carbonyl (C=O) groups is 1. The zero-order valence-electron chi connectivity index (χ0n) is 29.0. The van der Waals surface area contributed by atoms with Crippen molar-refractivity contribution in [3.8, 4) is 0 Å². The molecule has 2 N–H and O–H groups in total. The molecule has 45 heavy (non-hydrogen) atoms. The molecule has 0 bridgehead atoms. The fourth-order valence-electron chi connectivity index (χ4n) is 5.02. The van der Waals surface area contributed by atoms with Crippen LogP contribution in [0.4, 0.5) is 0 Å². The number of hydrogen-bond donors (Lipinski definition) is 2. The normalized spacial score (nSPS) is 13.0. The predicted octanol–water partition coefficient (Wildman–Crippen LogP) is 11.4. The van der Waals surface area contributed by atoms with Crippen LogP contribution in [0.3, 0.4) is 0 Å². The lowest BCUT2D eigenvalue weighted by Crippen LogP contribution is -2.27. The van der Waals surface area contributed by atoms with E-state index in [0.29, 0.717) is 0 Å². The number of rotatable bonds is 34. The van der Waals surface area contributed by atoms with Gasteiger partial charge in [0.1, 0.15) is 6.61 Å². The molecular formula is C37H69O7P. The van der Waals surface area contributed by atoms with Crippen LogP contribution < -0.4 is 0 Å². The van der Waals surface area contributed by atoms with E-state index in [-0.39, 0.29) is 13.0 Å². The summed E-state index contributed by atoms with van der Waals surface area (Å²) in [6.07, 6.45) is 40.8. The number of ether oxygens (including phenoxy) is 2. The van der Waals surface area contributed by atoms with Crippen LogP contribution in [0, 0.1) is 0 Å². The monoisotopic (exact) mass is 656 g/mol. The molecule has 0 aromatic heterocycles. The van der Waals surface area contributed by atoms with E-state index in [9.17, 15) is 9.36 Å². The Morgan fingerprint density at radius 2 is 1.04 bits per heavy atom. The lowest BCUT2D eigenvalue weighted by molar-refractivity contribution is -0.153. The molecule has 7 nitrogen and oxygen atoms in total. The number of phosphoric acid groups is 1. The van der Waals surface area contributed by atoms with E-state index in [0.717, 1.165) is 57.8 Å². The van der Waals surface area contributed by atoms with E-state index in [2.05, 4.69) is 42.7 Å². The standard InChI is InChI=1S/C37H69O7P/c1-3-5-7-9-11-13-15-17-19-20-22-24-26-28-30-32-37(38)44-36(35-43-45(39,40)41)34-42-33-31-29-27-25-23-21-18-16-14-12-10-8-6-4-2/h11,13,17,19,31,33,36H,3-10,12,14-16,18,20-30,32,34-35H2,1-2H3,(H2,39,40,41)/b13-11-,19-17-,33-31-/t36-/m1/s1. The van der Waals surface area contributed by atoms with Gasteiger partial charge >= 0.3 is 13.8 Å². The molecule has 0 aliphatic rings. The molecule has 0 rings (SSSR count). The highest BCUT2D eigenvalue weighted by Gasteiger charge is 2.21. The molecule has 0 saturated heterocycles. The molecule has 0 aromatic carbocycles. The third kappa shape index (κ3) is 36.9. The van der Waals surface area contributed by atoms with Crippen molar-refractivity contribution in [2.45, 2.75) is 180 Å². The number of carbonyl (C=O) groups excluding carboxylic acids is 1. The lowest BCUT2D eigenvalue weighted by atomic mass is 10.0. The summed E-state index contributed by atoms with van der Waals surface area (Å²) in [5.41, 5.74) is 0. The van der Waals surface area contributed by atoms with Crippen molar-refractivity contribution in [2.75, 3.05) is 13.2 Å². The lowest BCUT2D eigenvalue weighted by Gasteiger charge is -2.18. The maximum atomic E-state index is 12.3. The Hall–Kier alpha value is -1.40. The minimum Gasteiger partial charge on any atom is -0.498 e. The maximum absolute atomic E-state index is 12.3. The molecule has 0 spiro atoms. The molecule has 0 heterocycles. The Labute approximate surface area is 276 Å². The van der Waals surface area contributed by atoms with Crippen LogP contribution in [0.1, 0.15) is 174 Å². The fourth-order valence-corrected chi connectivity index (χ4v) is 5.38. The minimum absolute atomic E-state index is 0.0111. The van der Waals surface area contributed by atoms with Crippen molar-refractivity contribution in [1.82, 2.24) is 0 Å². The summed E-state index contributed by atoms with van der Waals surface area (Å²) in [5.74, 6) is -0.399. The quantitative estimate of drug-likeness (QED) is 0.0233. The number of hydrogen-bond acceptors (Lipinski definition) is 5. The van der Waals surface area contributed by atoms with E-state index in [1.165, 1.54) is 96.3 Å². The van der Waals surface area contributed by atoms with Crippen molar-refractivity contribution >= 4 is 13.8 Å². The van der Waals surface area contributed by atoms with Crippen LogP contribution in [0.15, 0.2) is 36.6 Å². The largest absolute Gasteiger partial charge is 0.498 e. The van der Waals surface area contributed by atoms with Crippen molar-refractivity contribution in [1.29, 1.82) is 0 Å². The second kappa shape index (κ2) is 33.9. The highest BCUT2D eigenvalue weighted by molar-refractivity contribution is 7.46. The predicted molar refractivity (Wildman–Crippen MR) is 188 cm³/mol. The molecule has 264 valence electrons. The van der Waals surface area contributed by atoms with Gasteiger partial charge in [0.2, 0.25) is 0 Å². The topological polar surface area (TPSA) is 102 Å². The molecule has 0 fully saturated rings. The summed E-state index contributed by atoms with van der Waals surface area (Å²) in [7, 11) is -4.67. The van der Waals surface area contributed by atoms with Gasteiger partial charge in [-0.3, -0.25) is 9.32 Å². The van der Waals surface area contributed by atoms with Crippen LogP contribution >= 0.6 is 7.82 Å². The molecule has 0 unspecified atom stereocenters.